The van der Waals surface area contributed by atoms with E-state index in [9.17, 15) is 14.7 Å². The van der Waals surface area contributed by atoms with E-state index in [0.29, 0.717) is 17.1 Å². The van der Waals surface area contributed by atoms with Crippen molar-refractivity contribution in [1.29, 1.82) is 0 Å². The average molecular weight is 506 g/mol. The van der Waals surface area contributed by atoms with Gasteiger partial charge in [0.2, 0.25) is 0 Å². The number of ketones is 1. The number of carbonyl (C=O) groups is 2. The Morgan fingerprint density at radius 1 is 0.971 bits per heavy atom. The van der Waals surface area contributed by atoms with Crippen molar-refractivity contribution in [2.75, 3.05) is 21.3 Å². The smallest absolute Gasteiger partial charge is 0.295 e. The molecule has 0 bridgehead atoms. The fourth-order valence-corrected chi connectivity index (χ4v) is 5.42. The number of methoxy groups -OCH3 is 3. The van der Waals surface area contributed by atoms with Gasteiger partial charge in [0.25, 0.3) is 11.7 Å². The lowest BCUT2D eigenvalue weighted by Gasteiger charge is -2.31. The van der Waals surface area contributed by atoms with Crippen molar-refractivity contribution in [3.8, 4) is 17.2 Å². The summed E-state index contributed by atoms with van der Waals surface area (Å²) in [5.41, 5.74) is 0.688. The molecule has 1 aliphatic heterocycles. The first-order valence-corrected chi connectivity index (χ1v) is 11.6. The number of carbonyl (C=O) groups excluding carboxylic acids is 2. The zero-order chi connectivity index (χ0) is 24.6. The molecule has 1 amide bonds. The molecule has 1 N–H and O–H groups in total. The summed E-state index contributed by atoms with van der Waals surface area (Å²) in [5, 5.41) is 11.8. The van der Waals surface area contributed by atoms with Crippen molar-refractivity contribution >= 4 is 40.7 Å². The summed E-state index contributed by atoms with van der Waals surface area (Å²) in [5.74, 6) is -0.725. The van der Waals surface area contributed by atoms with Gasteiger partial charge >= 0.3 is 0 Å². The molecule has 0 radical (unpaired) electrons. The number of nitrogens with zero attached hydrogens (tertiary/aromatic N) is 1. The Labute approximate surface area is 207 Å². The van der Waals surface area contributed by atoms with Crippen molar-refractivity contribution < 1.29 is 28.9 Å². The maximum atomic E-state index is 13.3. The molecule has 4 rings (SSSR count). The zero-order valence-electron chi connectivity index (χ0n) is 19.1. The molecule has 1 aliphatic carbocycles. The van der Waals surface area contributed by atoms with E-state index in [-0.39, 0.29) is 33.0 Å². The summed E-state index contributed by atoms with van der Waals surface area (Å²) in [4.78, 5) is 28.2. The van der Waals surface area contributed by atoms with Crippen molar-refractivity contribution in [2.45, 2.75) is 37.8 Å². The molecule has 1 heterocycles. The lowest BCUT2D eigenvalue weighted by atomic mass is 9.94. The summed E-state index contributed by atoms with van der Waals surface area (Å²) < 4.78 is 16.2. The molecule has 2 aliphatic rings. The summed E-state index contributed by atoms with van der Waals surface area (Å²) in [6, 6.07) is 7.16. The van der Waals surface area contributed by atoms with E-state index in [1.807, 2.05) is 0 Å². The molecule has 2 aromatic rings. The highest BCUT2D eigenvalue weighted by molar-refractivity contribution is 6.47. The molecule has 2 aromatic carbocycles. The van der Waals surface area contributed by atoms with Crippen LogP contribution < -0.4 is 14.2 Å². The summed E-state index contributed by atoms with van der Waals surface area (Å²) in [6.07, 6.45) is 3.49. The van der Waals surface area contributed by atoms with Crippen LogP contribution in [-0.4, -0.2) is 49.1 Å². The van der Waals surface area contributed by atoms with E-state index in [0.717, 1.165) is 25.7 Å². The predicted molar refractivity (Wildman–Crippen MR) is 129 cm³/mol. The molecule has 0 aromatic heterocycles. The maximum Gasteiger partial charge on any atom is 0.295 e. The first-order chi connectivity index (χ1) is 16.3. The summed E-state index contributed by atoms with van der Waals surface area (Å²) in [6.45, 7) is 0. The highest BCUT2D eigenvalue weighted by Gasteiger charge is 2.49. The third-order valence-corrected chi connectivity index (χ3v) is 6.89. The molecule has 1 saturated heterocycles. The fraction of sp³-hybridized carbons (Fsp3) is 0.360. The van der Waals surface area contributed by atoms with Gasteiger partial charge in [-0.1, -0.05) is 42.1 Å². The number of likely N-dealkylation sites (tertiary alicyclic amines) is 1. The molecule has 1 unspecified atom stereocenters. The first-order valence-electron chi connectivity index (χ1n) is 10.9. The molecular formula is C25H25Cl2NO6. The standard InChI is InChI=1S/C25H25Cl2NO6/c1-32-18-9-8-13(10-19(18)33-2)21-20(23(30)25(31)28(21)15-6-4-5-7-15)22(29)16-11-14(26)12-17(27)24(16)34-3/h8-12,15,21,29H,4-7H2,1-3H3/b22-20+. The number of benzene rings is 2. The van der Waals surface area contributed by atoms with Gasteiger partial charge in [0.15, 0.2) is 11.5 Å². The van der Waals surface area contributed by atoms with Crippen molar-refractivity contribution in [3.05, 3.63) is 57.1 Å². The van der Waals surface area contributed by atoms with Crippen LogP contribution in [0.3, 0.4) is 0 Å². The third-order valence-electron chi connectivity index (χ3n) is 6.39. The lowest BCUT2D eigenvalue weighted by Crippen LogP contribution is -2.37. The number of Topliss-reactive ketones (excluding diaryl/α,β-unsaturated/α-hetero) is 1. The van der Waals surface area contributed by atoms with Crippen LogP contribution in [0.25, 0.3) is 5.76 Å². The second-order valence-electron chi connectivity index (χ2n) is 8.23. The minimum Gasteiger partial charge on any atom is -0.507 e. The van der Waals surface area contributed by atoms with Crippen molar-refractivity contribution in [1.82, 2.24) is 4.90 Å². The normalized spacial score (nSPS) is 20.1. The lowest BCUT2D eigenvalue weighted by molar-refractivity contribution is -0.141. The van der Waals surface area contributed by atoms with Gasteiger partial charge in [-0.25, -0.2) is 0 Å². The fourth-order valence-electron chi connectivity index (χ4n) is 4.85. The zero-order valence-corrected chi connectivity index (χ0v) is 20.6. The second-order valence-corrected chi connectivity index (χ2v) is 9.07. The highest BCUT2D eigenvalue weighted by Crippen LogP contribution is 2.47. The van der Waals surface area contributed by atoms with Crippen LogP contribution in [0.5, 0.6) is 17.2 Å². The Morgan fingerprint density at radius 2 is 1.65 bits per heavy atom. The van der Waals surface area contributed by atoms with Crippen molar-refractivity contribution in [3.63, 3.8) is 0 Å². The Morgan fingerprint density at radius 3 is 2.26 bits per heavy atom. The van der Waals surface area contributed by atoms with Gasteiger partial charge in [0, 0.05) is 11.1 Å². The second kappa shape index (κ2) is 9.76. The number of hydrogen-bond acceptors (Lipinski definition) is 6. The van der Waals surface area contributed by atoms with Gasteiger partial charge in [-0.15, -0.1) is 0 Å². The Kier molecular flexibility index (Phi) is 6.96. The predicted octanol–water partition coefficient (Wildman–Crippen LogP) is 5.38. The van der Waals surface area contributed by atoms with Gasteiger partial charge in [0.05, 0.1) is 43.5 Å². The van der Waals surface area contributed by atoms with Gasteiger partial charge in [-0.05, 0) is 42.7 Å². The highest BCUT2D eigenvalue weighted by atomic mass is 35.5. The molecule has 34 heavy (non-hydrogen) atoms. The average Bonchev–Trinajstić information content (AvgIpc) is 3.44. The summed E-state index contributed by atoms with van der Waals surface area (Å²) in [7, 11) is 4.43. The number of hydrogen-bond donors (Lipinski definition) is 1. The van der Waals surface area contributed by atoms with Crippen LogP contribution >= 0.6 is 23.2 Å². The van der Waals surface area contributed by atoms with Gasteiger partial charge in [0.1, 0.15) is 11.5 Å². The Bertz CT molecular complexity index is 1170. The number of amides is 1. The van der Waals surface area contributed by atoms with E-state index in [2.05, 4.69) is 0 Å². The largest absolute Gasteiger partial charge is 0.507 e. The summed E-state index contributed by atoms with van der Waals surface area (Å²) >= 11 is 12.5. The SMILES string of the molecule is COc1ccc(C2/C(=C(\O)c3cc(Cl)cc(Cl)c3OC)C(=O)C(=O)N2C2CCCC2)cc1OC. The van der Waals surface area contributed by atoms with E-state index in [4.69, 9.17) is 37.4 Å². The molecule has 9 heteroatoms. The molecule has 180 valence electrons. The Balaban J connectivity index is 1.97. The number of rotatable bonds is 6. The van der Waals surface area contributed by atoms with E-state index >= 15 is 0 Å². The molecular weight excluding hydrogens is 481 g/mol. The van der Waals surface area contributed by atoms with E-state index in [1.165, 1.54) is 33.5 Å². The molecule has 0 spiro atoms. The van der Waals surface area contributed by atoms with Gasteiger partial charge < -0.3 is 24.2 Å². The number of ether oxygens (including phenoxy) is 3. The third kappa shape index (κ3) is 4.07. The van der Waals surface area contributed by atoms with Gasteiger partial charge in [-0.2, -0.15) is 0 Å². The molecule has 1 atom stereocenters. The topological polar surface area (TPSA) is 85.3 Å². The Hall–Kier alpha value is -2.90. The minimum atomic E-state index is -0.828. The number of halogens is 2. The van der Waals surface area contributed by atoms with Crippen molar-refractivity contribution in [2.24, 2.45) is 0 Å². The van der Waals surface area contributed by atoms with Gasteiger partial charge in [-0.3, -0.25) is 9.59 Å². The van der Waals surface area contributed by atoms with E-state index < -0.39 is 23.5 Å². The monoisotopic (exact) mass is 505 g/mol. The quantitative estimate of drug-likeness (QED) is 0.322. The maximum absolute atomic E-state index is 13.3. The first kappa shape index (κ1) is 24.2. The molecule has 1 saturated carbocycles. The van der Waals surface area contributed by atoms with Crippen LogP contribution in [0.2, 0.25) is 10.0 Å². The van der Waals surface area contributed by atoms with Crippen LogP contribution in [-0.2, 0) is 9.59 Å². The van der Waals surface area contributed by atoms with Crippen LogP contribution in [0, 0.1) is 0 Å². The van der Waals surface area contributed by atoms with Crippen LogP contribution in [0.1, 0.15) is 42.9 Å². The van der Waals surface area contributed by atoms with Crippen LogP contribution in [0.15, 0.2) is 35.9 Å². The minimum absolute atomic E-state index is 0.0549. The number of aliphatic hydroxyl groups excluding tert-OH is 1. The van der Waals surface area contributed by atoms with Crippen LogP contribution in [0.4, 0.5) is 0 Å². The van der Waals surface area contributed by atoms with E-state index in [1.54, 1.807) is 23.1 Å². The molecule has 7 nitrogen and oxygen atoms in total. The number of aliphatic hydroxyl groups is 1. The molecule has 2 fully saturated rings.